The molecule has 166 valence electrons. The number of benzene rings is 2. The van der Waals surface area contributed by atoms with Gasteiger partial charge in [0.1, 0.15) is 31.3 Å². The molecule has 0 bridgehead atoms. The van der Waals surface area contributed by atoms with Crippen LogP contribution in [0.2, 0.25) is 0 Å². The molecule has 2 rings (SSSR count). The fourth-order valence-corrected chi connectivity index (χ4v) is 2.65. The number of carbonyl (C=O) groups is 3. The van der Waals surface area contributed by atoms with Crippen molar-refractivity contribution in [1.82, 2.24) is 0 Å². The number of Topliss-reactive ketones (excluding diaryl/α,β-unsaturated/α-hetero) is 1. The minimum Gasteiger partial charge on any atom is -0.490 e. The van der Waals surface area contributed by atoms with E-state index in [9.17, 15) is 14.4 Å². The lowest BCUT2D eigenvalue weighted by Gasteiger charge is -2.21. The second-order valence-corrected chi connectivity index (χ2v) is 7.73. The summed E-state index contributed by atoms with van der Waals surface area (Å²) in [5.41, 5.74) is 1.24. The fourth-order valence-electron chi connectivity index (χ4n) is 2.65. The Morgan fingerprint density at radius 1 is 0.968 bits per heavy atom. The Morgan fingerprint density at radius 3 is 2.23 bits per heavy atom. The first-order valence-electron chi connectivity index (χ1n) is 10.0. The van der Waals surface area contributed by atoms with Crippen LogP contribution in [0.25, 0.3) is 0 Å². The van der Waals surface area contributed by atoms with E-state index < -0.39 is 17.2 Å². The van der Waals surface area contributed by atoms with Crippen molar-refractivity contribution in [2.24, 2.45) is 5.41 Å². The molecule has 7 heteroatoms. The first-order valence-corrected chi connectivity index (χ1v) is 10.0. The highest BCUT2D eigenvalue weighted by Crippen LogP contribution is 2.27. The summed E-state index contributed by atoms with van der Waals surface area (Å²) in [4.78, 5) is 34.4. The van der Waals surface area contributed by atoms with E-state index in [0.29, 0.717) is 17.9 Å². The average molecular weight is 428 g/mol. The molecule has 0 aliphatic rings. The zero-order chi connectivity index (χ0) is 23.0. The molecule has 0 amide bonds. The van der Waals surface area contributed by atoms with E-state index >= 15 is 0 Å². The molecular formula is C24H28O7. The molecule has 0 radical (unpaired) electrons. The SMILES string of the molecule is CCC(C)(C)C(=O)OCc1cccc(C)c1OCCOc1ccc(C(=O)C(=O)O)cc1. The maximum atomic E-state index is 12.2. The van der Waals surface area contributed by atoms with Gasteiger partial charge in [0.05, 0.1) is 5.41 Å². The zero-order valence-electron chi connectivity index (χ0n) is 18.3. The number of carboxylic acid groups (broad SMARTS) is 1. The molecule has 0 fully saturated rings. The molecular weight excluding hydrogens is 400 g/mol. The minimum atomic E-state index is -1.50. The van der Waals surface area contributed by atoms with Gasteiger partial charge in [0, 0.05) is 11.1 Å². The summed E-state index contributed by atoms with van der Waals surface area (Å²) in [6.07, 6.45) is 0.686. The van der Waals surface area contributed by atoms with Gasteiger partial charge in [0.2, 0.25) is 0 Å². The van der Waals surface area contributed by atoms with Crippen molar-refractivity contribution in [3.63, 3.8) is 0 Å². The van der Waals surface area contributed by atoms with Crippen LogP contribution in [-0.2, 0) is 20.9 Å². The maximum Gasteiger partial charge on any atom is 0.377 e. The molecule has 0 aliphatic carbocycles. The largest absolute Gasteiger partial charge is 0.490 e. The van der Waals surface area contributed by atoms with Gasteiger partial charge in [-0.2, -0.15) is 0 Å². The van der Waals surface area contributed by atoms with Crippen molar-refractivity contribution < 1.29 is 33.7 Å². The highest BCUT2D eigenvalue weighted by Gasteiger charge is 2.27. The predicted octanol–water partition coefficient (Wildman–Crippen LogP) is 4.20. The van der Waals surface area contributed by atoms with Gasteiger partial charge >= 0.3 is 11.9 Å². The number of hydrogen-bond donors (Lipinski definition) is 1. The summed E-state index contributed by atoms with van der Waals surface area (Å²) in [5, 5.41) is 8.73. The van der Waals surface area contributed by atoms with Crippen molar-refractivity contribution in [3.05, 3.63) is 59.2 Å². The Hall–Kier alpha value is -3.35. The van der Waals surface area contributed by atoms with E-state index in [0.717, 1.165) is 11.1 Å². The molecule has 0 unspecified atom stereocenters. The topological polar surface area (TPSA) is 99.1 Å². The van der Waals surface area contributed by atoms with Crippen molar-refractivity contribution in [1.29, 1.82) is 0 Å². The molecule has 31 heavy (non-hydrogen) atoms. The second-order valence-electron chi connectivity index (χ2n) is 7.73. The third-order valence-corrected chi connectivity index (χ3v) is 5.00. The van der Waals surface area contributed by atoms with Gasteiger partial charge in [-0.15, -0.1) is 0 Å². The average Bonchev–Trinajstić information content (AvgIpc) is 2.75. The van der Waals surface area contributed by atoms with Gasteiger partial charge in [-0.1, -0.05) is 25.1 Å². The molecule has 0 aliphatic heterocycles. The number of aryl methyl sites for hydroxylation is 1. The minimum absolute atomic E-state index is 0.0847. The fraction of sp³-hybridized carbons (Fsp3) is 0.375. The van der Waals surface area contributed by atoms with E-state index in [2.05, 4.69) is 0 Å². The predicted molar refractivity (Wildman–Crippen MR) is 114 cm³/mol. The van der Waals surface area contributed by atoms with Crippen LogP contribution in [0.4, 0.5) is 0 Å². The Morgan fingerprint density at radius 2 is 1.61 bits per heavy atom. The van der Waals surface area contributed by atoms with Crippen molar-refractivity contribution in [3.8, 4) is 11.5 Å². The number of esters is 1. The van der Waals surface area contributed by atoms with Gasteiger partial charge in [0.25, 0.3) is 5.78 Å². The molecule has 7 nitrogen and oxygen atoms in total. The summed E-state index contributed by atoms with van der Waals surface area (Å²) in [6.45, 7) is 8.18. The van der Waals surface area contributed by atoms with E-state index in [4.69, 9.17) is 19.3 Å². The maximum absolute atomic E-state index is 12.2. The first kappa shape index (κ1) is 23.9. The van der Waals surface area contributed by atoms with Crippen molar-refractivity contribution in [2.75, 3.05) is 13.2 Å². The van der Waals surface area contributed by atoms with Crippen LogP contribution in [0.3, 0.4) is 0 Å². The van der Waals surface area contributed by atoms with Gasteiger partial charge in [0.15, 0.2) is 0 Å². The number of para-hydroxylation sites is 1. The normalized spacial score (nSPS) is 11.0. The third kappa shape index (κ3) is 6.57. The molecule has 2 aromatic carbocycles. The summed E-state index contributed by atoms with van der Waals surface area (Å²) in [7, 11) is 0. The molecule has 0 saturated carbocycles. The quantitative estimate of drug-likeness (QED) is 0.248. The summed E-state index contributed by atoms with van der Waals surface area (Å²) >= 11 is 0. The van der Waals surface area contributed by atoms with E-state index in [1.165, 1.54) is 24.3 Å². The molecule has 0 saturated heterocycles. The first-order chi connectivity index (χ1) is 14.7. The van der Waals surface area contributed by atoms with Crippen molar-refractivity contribution >= 4 is 17.7 Å². The van der Waals surface area contributed by atoms with E-state index in [-0.39, 0.29) is 31.4 Å². The molecule has 0 spiro atoms. The van der Waals surface area contributed by atoms with Gasteiger partial charge < -0.3 is 19.3 Å². The Labute approximate surface area is 181 Å². The number of hydrogen-bond acceptors (Lipinski definition) is 6. The van der Waals surface area contributed by atoms with Gasteiger partial charge in [-0.25, -0.2) is 4.79 Å². The van der Waals surface area contributed by atoms with Crippen molar-refractivity contribution in [2.45, 2.75) is 40.7 Å². The van der Waals surface area contributed by atoms with Crippen LogP contribution in [0.1, 0.15) is 48.7 Å². The van der Waals surface area contributed by atoms with Crippen LogP contribution in [0.5, 0.6) is 11.5 Å². The Kier molecular flexibility index (Phi) is 8.19. The number of ketones is 1. The molecule has 0 atom stereocenters. The Balaban J connectivity index is 1.91. The lowest BCUT2D eigenvalue weighted by molar-refractivity contribution is -0.155. The van der Waals surface area contributed by atoms with Gasteiger partial charge in [-0.3, -0.25) is 9.59 Å². The molecule has 1 N–H and O–H groups in total. The van der Waals surface area contributed by atoms with Crippen LogP contribution >= 0.6 is 0 Å². The summed E-state index contributed by atoms with van der Waals surface area (Å²) in [6, 6.07) is 11.5. The third-order valence-electron chi connectivity index (χ3n) is 5.00. The van der Waals surface area contributed by atoms with Crippen LogP contribution in [0, 0.1) is 12.3 Å². The molecule has 0 aromatic heterocycles. The van der Waals surface area contributed by atoms with Crippen LogP contribution in [0.15, 0.2) is 42.5 Å². The summed E-state index contributed by atoms with van der Waals surface area (Å²) in [5.74, 6) is -1.58. The lowest BCUT2D eigenvalue weighted by Crippen LogP contribution is -2.25. The van der Waals surface area contributed by atoms with Gasteiger partial charge in [-0.05, 0) is 57.0 Å². The lowest BCUT2D eigenvalue weighted by atomic mass is 9.91. The monoisotopic (exact) mass is 428 g/mol. The second kappa shape index (κ2) is 10.6. The summed E-state index contributed by atoms with van der Waals surface area (Å²) < 4.78 is 17.0. The van der Waals surface area contributed by atoms with E-state index in [1.54, 1.807) is 0 Å². The Bertz CT molecular complexity index is 929. The molecule has 0 heterocycles. The highest BCUT2D eigenvalue weighted by molar-refractivity contribution is 6.39. The molecule has 2 aromatic rings. The number of carboxylic acids is 1. The smallest absolute Gasteiger partial charge is 0.377 e. The van der Waals surface area contributed by atoms with E-state index in [1.807, 2.05) is 45.9 Å². The highest BCUT2D eigenvalue weighted by atomic mass is 16.5. The number of ether oxygens (including phenoxy) is 3. The zero-order valence-corrected chi connectivity index (χ0v) is 18.3. The number of rotatable bonds is 11. The number of carbonyl (C=O) groups excluding carboxylic acids is 2. The standard InChI is InChI=1S/C24H28O7/c1-5-24(3,4)23(28)31-15-18-8-6-7-16(2)21(18)30-14-13-29-19-11-9-17(10-12-19)20(25)22(26)27/h6-12H,5,13-15H2,1-4H3,(H,26,27). The van der Waals surface area contributed by atoms with Crippen LogP contribution < -0.4 is 9.47 Å². The number of aliphatic carboxylic acids is 1. The van der Waals surface area contributed by atoms with Crippen LogP contribution in [-0.4, -0.2) is 36.0 Å².